The topological polar surface area (TPSA) is 26.0 Å². The molecule has 1 aliphatic carbocycles. The SMILES string of the molecule is CC(C)(C)C1CCCCC1(N)Cc1csc2ccccc12. The number of hydrogen-bond donors (Lipinski definition) is 1. The summed E-state index contributed by atoms with van der Waals surface area (Å²) in [5, 5.41) is 3.73. The molecule has 21 heavy (non-hydrogen) atoms. The van der Waals surface area contributed by atoms with E-state index in [1.54, 1.807) is 0 Å². The molecule has 0 aliphatic heterocycles. The quantitative estimate of drug-likeness (QED) is 0.792. The van der Waals surface area contributed by atoms with Crippen LogP contribution >= 0.6 is 11.3 Å². The van der Waals surface area contributed by atoms with Gasteiger partial charge in [0.2, 0.25) is 0 Å². The molecule has 2 N–H and O–H groups in total. The molecule has 0 spiro atoms. The predicted octanol–water partition coefficient (Wildman–Crippen LogP) is 5.38. The summed E-state index contributed by atoms with van der Waals surface area (Å²) in [7, 11) is 0. The summed E-state index contributed by atoms with van der Waals surface area (Å²) in [5.41, 5.74) is 8.68. The molecule has 1 aromatic heterocycles. The molecule has 114 valence electrons. The number of hydrogen-bond acceptors (Lipinski definition) is 2. The fraction of sp³-hybridized carbons (Fsp3) is 0.579. The van der Waals surface area contributed by atoms with Gasteiger partial charge >= 0.3 is 0 Å². The van der Waals surface area contributed by atoms with Crippen LogP contribution in [0.5, 0.6) is 0 Å². The third kappa shape index (κ3) is 2.89. The van der Waals surface area contributed by atoms with E-state index in [9.17, 15) is 0 Å². The largest absolute Gasteiger partial charge is 0.325 e. The van der Waals surface area contributed by atoms with Gasteiger partial charge in [0, 0.05) is 10.2 Å². The molecule has 2 unspecified atom stereocenters. The zero-order chi connectivity index (χ0) is 15.1. The number of thiophene rings is 1. The monoisotopic (exact) mass is 301 g/mol. The minimum absolute atomic E-state index is 0.0413. The summed E-state index contributed by atoms with van der Waals surface area (Å²) in [6, 6.07) is 8.73. The van der Waals surface area contributed by atoms with Crippen molar-refractivity contribution >= 4 is 21.4 Å². The molecule has 1 fully saturated rings. The van der Waals surface area contributed by atoms with E-state index in [1.807, 2.05) is 11.3 Å². The normalized spacial score (nSPS) is 27.1. The van der Waals surface area contributed by atoms with Gasteiger partial charge < -0.3 is 5.73 Å². The molecule has 1 saturated carbocycles. The second-order valence-corrected chi connectivity index (χ2v) is 8.74. The average molecular weight is 301 g/mol. The van der Waals surface area contributed by atoms with Crippen LogP contribution in [-0.4, -0.2) is 5.54 Å². The maximum absolute atomic E-state index is 6.98. The smallest absolute Gasteiger partial charge is 0.0345 e. The Hall–Kier alpha value is -0.860. The number of fused-ring (bicyclic) bond motifs is 1. The van der Waals surface area contributed by atoms with Gasteiger partial charge in [0.15, 0.2) is 0 Å². The van der Waals surface area contributed by atoms with Gasteiger partial charge in [-0.3, -0.25) is 0 Å². The van der Waals surface area contributed by atoms with E-state index in [0.717, 1.165) is 6.42 Å². The lowest BCUT2D eigenvalue weighted by molar-refractivity contribution is 0.0796. The van der Waals surface area contributed by atoms with E-state index in [4.69, 9.17) is 5.73 Å². The zero-order valence-electron chi connectivity index (χ0n) is 13.5. The van der Waals surface area contributed by atoms with Crippen LogP contribution in [0.25, 0.3) is 10.1 Å². The standard InChI is InChI=1S/C19H27NS/c1-18(2,3)17-10-6-7-11-19(17,20)12-14-13-21-16-9-5-4-8-15(14)16/h4-5,8-9,13,17H,6-7,10-12,20H2,1-3H3. The lowest BCUT2D eigenvalue weighted by Gasteiger charge is -2.48. The maximum atomic E-state index is 6.98. The Kier molecular flexibility index (Phi) is 3.87. The Morgan fingerprint density at radius 1 is 1.24 bits per heavy atom. The molecule has 0 radical (unpaired) electrons. The summed E-state index contributed by atoms with van der Waals surface area (Å²) in [5.74, 6) is 0.609. The Morgan fingerprint density at radius 3 is 2.76 bits per heavy atom. The summed E-state index contributed by atoms with van der Waals surface area (Å²) >= 11 is 1.85. The minimum atomic E-state index is -0.0413. The van der Waals surface area contributed by atoms with Gasteiger partial charge in [-0.15, -0.1) is 11.3 Å². The van der Waals surface area contributed by atoms with Gasteiger partial charge in [0.25, 0.3) is 0 Å². The van der Waals surface area contributed by atoms with Crippen LogP contribution in [-0.2, 0) is 6.42 Å². The highest BCUT2D eigenvalue weighted by molar-refractivity contribution is 7.17. The number of nitrogens with two attached hydrogens (primary N) is 1. The summed E-state index contributed by atoms with van der Waals surface area (Å²) in [6.45, 7) is 7.07. The predicted molar refractivity (Wildman–Crippen MR) is 93.9 cm³/mol. The molecule has 2 heteroatoms. The van der Waals surface area contributed by atoms with Gasteiger partial charge in [-0.25, -0.2) is 0 Å². The maximum Gasteiger partial charge on any atom is 0.0345 e. The van der Waals surface area contributed by atoms with Crippen LogP contribution in [0.3, 0.4) is 0 Å². The fourth-order valence-electron chi connectivity index (χ4n) is 4.30. The molecular weight excluding hydrogens is 274 g/mol. The van der Waals surface area contributed by atoms with Crippen molar-refractivity contribution in [3.63, 3.8) is 0 Å². The molecule has 2 aromatic rings. The van der Waals surface area contributed by atoms with Crippen molar-refractivity contribution in [2.45, 2.75) is 58.4 Å². The Morgan fingerprint density at radius 2 is 2.00 bits per heavy atom. The van der Waals surface area contributed by atoms with E-state index >= 15 is 0 Å². The first-order valence-corrected chi connectivity index (χ1v) is 9.02. The van der Waals surface area contributed by atoms with Crippen LogP contribution < -0.4 is 5.73 Å². The summed E-state index contributed by atoms with van der Waals surface area (Å²) in [4.78, 5) is 0. The van der Waals surface area contributed by atoms with Crippen molar-refractivity contribution in [3.8, 4) is 0 Å². The molecule has 3 rings (SSSR count). The second-order valence-electron chi connectivity index (χ2n) is 7.83. The molecular formula is C19H27NS. The lowest BCUT2D eigenvalue weighted by atomic mass is 9.61. The highest BCUT2D eigenvalue weighted by Crippen LogP contribution is 2.45. The first-order valence-electron chi connectivity index (χ1n) is 8.14. The van der Waals surface area contributed by atoms with Crippen molar-refractivity contribution in [3.05, 3.63) is 35.2 Å². The molecule has 1 aromatic carbocycles. The molecule has 0 amide bonds. The molecule has 1 nitrogen and oxygen atoms in total. The average Bonchev–Trinajstić information content (AvgIpc) is 2.81. The van der Waals surface area contributed by atoms with Crippen LogP contribution in [0.1, 0.15) is 52.0 Å². The molecule has 1 heterocycles. The number of rotatable bonds is 2. The highest BCUT2D eigenvalue weighted by Gasteiger charge is 2.43. The van der Waals surface area contributed by atoms with Gasteiger partial charge in [-0.2, -0.15) is 0 Å². The third-order valence-electron chi connectivity index (χ3n) is 5.21. The van der Waals surface area contributed by atoms with Crippen LogP contribution in [0.4, 0.5) is 0 Å². The van der Waals surface area contributed by atoms with Gasteiger partial charge in [-0.05, 0) is 53.0 Å². The van der Waals surface area contributed by atoms with E-state index in [2.05, 4.69) is 50.4 Å². The van der Waals surface area contributed by atoms with E-state index in [0.29, 0.717) is 11.3 Å². The number of benzene rings is 1. The van der Waals surface area contributed by atoms with Crippen molar-refractivity contribution in [2.24, 2.45) is 17.1 Å². The lowest BCUT2D eigenvalue weighted by Crippen LogP contribution is -2.55. The first-order chi connectivity index (χ1) is 9.90. The Bertz CT molecular complexity index is 622. The van der Waals surface area contributed by atoms with Crippen LogP contribution in [0.2, 0.25) is 0 Å². The third-order valence-corrected chi connectivity index (χ3v) is 6.22. The summed E-state index contributed by atoms with van der Waals surface area (Å²) < 4.78 is 1.39. The second kappa shape index (κ2) is 5.40. The molecule has 0 saturated heterocycles. The minimum Gasteiger partial charge on any atom is -0.325 e. The first kappa shape index (κ1) is 15.1. The Balaban J connectivity index is 1.94. The highest BCUT2D eigenvalue weighted by atomic mass is 32.1. The molecule has 1 aliphatic rings. The van der Waals surface area contributed by atoms with Gasteiger partial charge in [0.05, 0.1) is 0 Å². The zero-order valence-corrected chi connectivity index (χ0v) is 14.3. The van der Waals surface area contributed by atoms with Crippen molar-refractivity contribution in [1.29, 1.82) is 0 Å². The van der Waals surface area contributed by atoms with Crippen molar-refractivity contribution in [2.75, 3.05) is 0 Å². The van der Waals surface area contributed by atoms with Gasteiger partial charge in [-0.1, -0.05) is 51.8 Å². The molecule has 2 atom stereocenters. The van der Waals surface area contributed by atoms with E-state index < -0.39 is 0 Å². The fourth-order valence-corrected chi connectivity index (χ4v) is 5.26. The van der Waals surface area contributed by atoms with Crippen molar-refractivity contribution in [1.82, 2.24) is 0 Å². The van der Waals surface area contributed by atoms with E-state index in [1.165, 1.54) is 41.3 Å². The van der Waals surface area contributed by atoms with Gasteiger partial charge in [0.1, 0.15) is 0 Å². The van der Waals surface area contributed by atoms with Crippen molar-refractivity contribution < 1.29 is 0 Å². The summed E-state index contributed by atoms with van der Waals surface area (Å²) in [6.07, 6.45) is 6.09. The van der Waals surface area contributed by atoms with E-state index in [-0.39, 0.29) is 5.54 Å². The van der Waals surface area contributed by atoms with Crippen LogP contribution in [0, 0.1) is 11.3 Å². The Labute approximate surface area is 132 Å². The van der Waals surface area contributed by atoms with Crippen LogP contribution in [0.15, 0.2) is 29.6 Å². The molecule has 0 bridgehead atoms.